The Kier molecular flexibility index (Phi) is 6.44. The van der Waals surface area contributed by atoms with Crippen molar-refractivity contribution >= 4 is 46.3 Å². The molecule has 0 bridgehead atoms. The molecule has 1 aliphatic rings. The van der Waals surface area contributed by atoms with Gasteiger partial charge in [-0.2, -0.15) is 0 Å². The first kappa shape index (κ1) is 20.0. The molecular weight excluding hydrogens is 390 g/mol. The van der Waals surface area contributed by atoms with Crippen LogP contribution in [-0.4, -0.2) is 27.1 Å². The lowest BCUT2D eigenvalue weighted by molar-refractivity contribution is -0.310. The average Bonchev–Trinajstić information content (AvgIpc) is 2.94. The first-order valence-electron chi connectivity index (χ1n) is 8.71. The van der Waals surface area contributed by atoms with Crippen LogP contribution in [0.4, 0.5) is 0 Å². The Balaban J connectivity index is 1.83. The maximum Gasteiger partial charge on any atom is 0.266 e. The molecule has 1 heterocycles. The molecule has 0 aliphatic carbocycles. The Bertz CT molecular complexity index is 952. The number of rotatable bonds is 6. The molecule has 4 nitrogen and oxygen atoms in total. The van der Waals surface area contributed by atoms with Crippen LogP contribution in [0.25, 0.3) is 6.08 Å². The number of amides is 1. The molecule has 1 saturated heterocycles. The smallest absolute Gasteiger partial charge is 0.266 e. The largest absolute Gasteiger partial charge is 0.548 e. The van der Waals surface area contributed by atoms with Gasteiger partial charge in [0.15, 0.2) is 0 Å². The molecule has 1 amide bonds. The lowest BCUT2D eigenvalue weighted by Crippen LogP contribution is -2.51. The summed E-state index contributed by atoms with van der Waals surface area (Å²) in [7, 11) is 0. The summed E-state index contributed by atoms with van der Waals surface area (Å²) in [5, 5.41) is 11.7. The van der Waals surface area contributed by atoms with Crippen LogP contribution in [0.5, 0.6) is 0 Å². The quantitative estimate of drug-likeness (QED) is 0.543. The SMILES string of the molecule is CC(=C\c1ccccc1)/C=C1/SC(=S)N([C@@H](Cc2ccccc2)C(=O)[O-])C1=O. The molecule has 0 spiro atoms. The number of thiocarbonyl (C=S) groups is 1. The fourth-order valence-corrected chi connectivity index (χ4v) is 4.33. The van der Waals surface area contributed by atoms with E-state index in [1.165, 1.54) is 0 Å². The fraction of sp³-hybridized carbons (Fsp3) is 0.136. The number of benzene rings is 2. The van der Waals surface area contributed by atoms with Crippen molar-refractivity contribution in [3.05, 3.63) is 88.3 Å². The Morgan fingerprint density at radius 3 is 2.36 bits per heavy atom. The number of carboxylic acid groups (broad SMARTS) is 1. The van der Waals surface area contributed by atoms with Gasteiger partial charge in [-0.25, -0.2) is 0 Å². The molecular formula is C22H18NO3S2-. The third kappa shape index (κ3) is 4.77. The van der Waals surface area contributed by atoms with Crippen molar-refractivity contribution in [3.63, 3.8) is 0 Å². The second-order valence-corrected chi connectivity index (χ2v) is 8.05. The molecule has 142 valence electrons. The highest BCUT2D eigenvalue weighted by Crippen LogP contribution is 2.34. The van der Waals surface area contributed by atoms with Crippen molar-refractivity contribution in [1.29, 1.82) is 0 Å². The van der Waals surface area contributed by atoms with E-state index in [0.717, 1.165) is 33.4 Å². The molecule has 0 saturated carbocycles. The van der Waals surface area contributed by atoms with E-state index in [1.807, 2.05) is 73.7 Å². The normalized spacial score (nSPS) is 17.2. The first-order chi connectivity index (χ1) is 13.5. The summed E-state index contributed by atoms with van der Waals surface area (Å²) in [6.07, 6.45) is 3.83. The number of carbonyl (C=O) groups excluding carboxylic acids is 2. The molecule has 2 aromatic carbocycles. The monoisotopic (exact) mass is 408 g/mol. The van der Waals surface area contributed by atoms with Crippen LogP contribution in [-0.2, 0) is 16.0 Å². The van der Waals surface area contributed by atoms with Gasteiger partial charge in [0.25, 0.3) is 5.91 Å². The maximum absolute atomic E-state index is 12.9. The Morgan fingerprint density at radius 1 is 1.14 bits per heavy atom. The highest BCUT2D eigenvalue weighted by Gasteiger charge is 2.37. The van der Waals surface area contributed by atoms with Gasteiger partial charge in [-0.1, -0.05) is 90.7 Å². The van der Waals surface area contributed by atoms with Crippen LogP contribution in [0.15, 0.2) is 77.2 Å². The van der Waals surface area contributed by atoms with Crippen LogP contribution in [0, 0.1) is 0 Å². The van der Waals surface area contributed by atoms with Gasteiger partial charge in [0.2, 0.25) is 0 Å². The van der Waals surface area contributed by atoms with Gasteiger partial charge >= 0.3 is 0 Å². The second-order valence-electron chi connectivity index (χ2n) is 6.38. The predicted molar refractivity (Wildman–Crippen MR) is 114 cm³/mol. The average molecular weight is 409 g/mol. The van der Waals surface area contributed by atoms with Gasteiger partial charge in [0.1, 0.15) is 4.32 Å². The summed E-state index contributed by atoms with van der Waals surface area (Å²) in [6, 6.07) is 17.7. The van der Waals surface area contributed by atoms with Gasteiger partial charge in [0, 0.05) is 0 Å². The van der Waals surface area contributed by atoms with Crippen LogP contribution in [0.3, 0.4) is 0 Å². The van der Waals surface area contributed by atoms with Crippen molar-refractivity contribution < 1.29 is 14.7 Å². The van der Waals surface area contributed by atoms with Gasteiger partial charge in [-0.15, -0.1) is 0 Å². The summed E-state index contributed by atoms with van der Waals surface area (Å²) in [5.41, 5.74) is 2.69. The number of carboxylic acids is 1. The van der Waals surface area contributed by atoms with Crippen molar-refractivity contribution in [2.45, 2.75) is 19.4 Å². The van der Waals surface area contributed by atoms with Crippen LogP contribution in [0.2, 0.25) is 0 Å². The lowest BCUT2D eigenvalue weighted by Gasteiger charge is -2.27. The lowest BCUT2D eigenvalue weighted by atomic mass is 10.0. The van der Waals surface area contributed by atoms with E-state index < -0.39 is 17.9 Å². The molecule has 1 atom stereocenters. The topological polar surface area (TPSA) is 60.4 Å². The number of thioether (sulfide) groups is 1. The van der Waals surface area contributed by atoms with E-state index in [-0.39, 0.29) is 10.7 Å². The van der Waals surface area contributed by atoms with E-state index in [0.29, 0.717) is 4.91 Å². The second kappa shape index (κ2) is 8.99. The molecule has 6 heteroatoms. The number of hydrogen-bond donors (Lipinski definition) is 0. The zero-order valence-corrected chi connectivity index (χ0v) is 16.8. The van der Waals surface area contributed by atoms with Crippen molar-refractivity contribution in [3.8, 4) is 0 Å². The third-order valence-corrected chi connectivity index (χ3v) is 5.56. The maximum atomic E-state index is 12.9. The molecule has 0 unspecified atom stereocenters. The highest BCUT2D eigenvalue weighted by molar-refractivity contribution is 8.26. The van der Waals surface area contributed by atoms with Crippen molar-refractivity contribution in [2.24, 2.45) is 0 Å². The summed E-state index contributed by atoms with van der Waals surface area (Å²) >= 11 is 6.42. The van der Waals surface area contributed by atoms with E-state index in [9.17, 15) is 14.7 Å². The van der Waals surface area contributed by atoms with Gasteiger partial charge < -0.3 is 9.90 Å². The minimum atomic E-state index is -1.32. The van der Waals surface area contributed by atoms with E-state index >= 15 is 0 Å². The third-order valence-electron chi connectivity index (χ3n) is 4.23. The molecule has 3 rings (SSSR count). The molecule has 0 N–H and O–H groups in total. The summed E-state index contributed by atoms with van der Waals surface area (Å²) in [5.74, 6) is -1.72. The molecule has 1 aliphatic heterocycles. The van der Waals surface area contributed by atoms with Gasteiger partial charge in [0.05, 0.1) is 16.9 Å². The van der Waals surface area contributed by atoms with Crippen molar-refractivity contribution in [2.75, 3.05) is 0 Å². The number of carbonyl (C=O) groups is 2. The molecule has 2 aromatic rings. The van der Waals surface area contributed by atoms with E-state index in [1.54, 1.807) is 6.08 Å². The minimum Gasteiger partial charge on any atom is -0.548 e. The molecule has 0 aromatic heterocycles. The molecule has 0 radical (unpaired) electrons. The zero-order chi connectivity index (χ0) is 20.1. The van der Waals surface area contributed by atoms with Crippen LogP contribution >= 0.6 is 24.0 Å². The minimum absolute atomic E-state index is 0.141. The van der Waals surface area contributed by atoms with E-state index in [4.69, 9.17) is 12.2 Å². The fourth-order valence-electron chi connectivity index (χ4n) is 2.93. The molecule has 28 heavy (non-hydrogen) atoms. The standard InChI is InChI=1S/C22H19NO3S2/c1-15(12-16-8-4-2-5-9-16)13-19-20(24)23(22(27)28-19)18(21(25)26)14-17-10-6-3-7-11-17/h2-13,18H,14H2,1H3,(H,25,26)/p-1/b15-12+,19-13+/t18-/m0/s1. The number of allylic oxidation sites excluding steroid dienone is 2. The number of aliphatic carboxylic acids is 1. The van der Waals surface area contributed by atoms with Gasteiger partial charge in [-0.3, -0.25) is 9.69 Å². The Hall–Kier alpha value is -2.70. The number of hydrogen-bond acceptors (Lipinski definition) is 5. The number of nitrogens with zero attached hydrogens (tertiary/aromatic N) is 1. The first-order valence-corrected chi connectivity index (χ1v) is 9.93. The predicted octanol–water partition coefficient (Wildman–Crippen LogP) is 3.20. The van der Waals surface area contributed by atoms with Gasteiger partial charge in [-0.05, 0) is 36.1 Å². The van der Waals surface area contributed by atoms with Crippen LogP contribution in [0.1, 0.15) is 18.1 Å². The zero-order valence-electron chi connectivity index (χ0n) is 15.2. The summed E-state index contributed by atoms with van der Waals surface area (Å²) in [4.78, 5) is 26.2. The summed E-state index contributed by atoms with van der Waals surface area (Å²) < 4.78 is 0.230. The Labute approximate surface area is 173 Å². The summed E-state index contributed by atoms with van der Waals surface area (Å²) in [6.45, 7) is 1.89. The highest BCUT2D eigenvalue weighted by atomic mass is 32.2. The van der Waals surface area contributed by atoms with Crippen molar-refractivity contribution in [1.82, 2.24) is 4.90 Å². The molecule has 1 fully saturated rings. The van der Waals surface area contributed by atoms with E-state index in [2.05, 4.69) is 0 Å². The van der Waals surface area contributed by atoms with Crippen LogP contribution < -0.4 is 5.11 Å². The Morgan fingerprint density at radius 2 is 1.75 bits per heavy atom.